The molecule has 0 unspecified atom stereocenters. The molecule has 84 valence electrons. The van der Waals surface area contributed by atoms with Crippen molar-refractivity contribution in [3.8, 4) is 0 Å². The maximum atomic E-state index is 3.46. The van der Waals surface area contributed by atoms with Gasteiger partial charge in [0.2, 0.25) is 0 Å². The molecule has 0 atom stereocenters. The Morgan fingerprint density at radius 3 is 2.67 bits per heavy atom. The summed E-state index contributed by atoms with van der Waals surface area (Å²) in [6.45, 7) is 2.20. The van der Waals surface area contributed by atoms with Crippen molar-refractivity contribution in [2.24, 2.45) is 0 Å². The minimum atomic E-state index is 1.15. The molecule has 1 aromatic carbocycles. The second-order valence-electron chi connectivity index (χ2n) is 3.73. The summed E-state index contributed by atoms with van der Waals surface area (Å²) in [5.41, 5.74) is 2.91. The van der Waals surface area contributed by atoms with E-state index < -0.39 is 0 Å². The molecule has 0 heterocycles. The number of benzene rings is 1. The van der Waals surface area contributed by atoms with Crippen molar-refractivity contribution in [3.63, 3.8) is 0 Å². The number of unbranched alkanes of at least 4 members (excludes halogenated alkanes) is 2. The van der Waals surface area contributed by atoms with Gasteiger partial charge in [0.15, 0.2) is 0 Å². The Hall–Kier alpha value is 0.0500. The average Bonchev–Trinajstić information content (AvgIpc) is 2.25. The zero-order valence-corrected chi connectivity index (χ0v) is 11.7. The van der Waals surface area contributed by atoms with Gasteiger partial charge in [0.1, 0.15) is 0 Å². The SMILES string of the molecule is Cc1ccccc1CSCCCCCBr. The summed E-state index contributed by atoms with van der Waals surface area (Å²) in [5.74, 6) is 2.46. The van der Waals surface area contributed by atoms with Crippen LogP contribution in [0.5, 0.6) is 0 Å². The Kier molecular flexibility index (Phi) is 7.20. The Bertz CT molecular complexity index is 273. The van der Waals surface area contributed by atoms with E-state index in [9.17, 15) is 0 Å². The molecular formula is C13H19BrS. The number of hydrogen-bond acceptors (Lipinski definition) is 1. The predicted molar refractivity (Wildman–Crippen MR) is 75.0 cm³/mol. The molecule has 0 amide bonds. The largest absolute Gasteiger partial charge is 0.157 e. The Balaban J connectivity index is 2.12. The summed E-state index contributed by atoms with van der Waals surface area (Å²) in [7, 11) is 0. The van der Waals surface area contributed by atoms with Crippen LogP contribution in [0.2, 0.25) is 0 Å². The molecule has 1 aromatic rings. The Morgan fingerprint density at radius 2 is 1.93 bits per heavy atom. The molecular weight excluding hydrogens is 268 g/mol. The quantitative estimate of drug-likeness (QED) is 0.513. The molecule has 0 radical (unpaired) electrons. The van der Waals surface area contributed by atoms with E-state index in [1.165, 1.54) is 41.9 Å². The lowest BCUT2D eigenvalue weighted by atomic mass is 10.1. The fourth-order valence-electron chi connectivity index (χ4n) is 1.43. The molecule has 0 nitrogen and oxygen atoms in total. The van der Waals surface area contributed by atoms with E-state index in [0.29, 0.717) is 0 Å². The summed E-state index contributed by atoms with van der Waals surface area (Å²) in [5, 5.41) is 1.15. The monoisotopic (exact) mass is 286 g/mol. The lowest BCUT2D eigenvalue weighted by molar-refractivity contribution is 0.788. The highest BCUT2D eigenvalue weighted by molar-refractivity contribution is 9.09. The molecule has 0 saturated carbocycles. The second kappa shape index (κ2) is 8.23. The molecule has 0 aliphatic heterocycles. The minimum Gasteiger partial charge on any atom is -0.157 e. The number of thioether (sulfide) groups is 1. The van der Waals surface area contributed by atoms with Crippen LogP contribution in [0.4, 0.5) is 0 Å². The van der Waals surface area contributed by atoms with Gasteiger partial charge >= 0.3 is 0 Å². The molecule has 0 fully saturated rings. The summed E-state index contributed by atoms with van der Waals surface area (Å²) >= 11 is 5.51. The van der Waals surface area contributed by atoms with Gasteiger partial charge < -0.3 is 0 Å². The van der Waals surface area contributed by atoms with Gasteiger partial charge in [-0.2, -0.15) is 11.8 Å². The van der Waals surface area contributed by atoms with Crippen LogP contribution in [0.1, 0.15) is 30.4 Å². The van der Waals surface area contributed by atoms with Gasteiger partial charge in [0, 0.05) is 11.1 Å². The molecule has 0 spiro atoms. The highest BCUT2D eigenvalue weighted by Gasteiger charge is 1.96. The van der Waals surface area contributed by atoms with Crippen LogP contribution < -0.4 is 0 Å². The maximum Gasteiger partial charge on any atom is 0.0187 e. The summed E-state index contributed by atoms with van der Waals surface area (Å²) < 4.78 is 0. The van der Waals surface area contributed by atoms with Gasteiger partial charge in [-0.25, -0.2) is 0 Å². The van der Waals surface area contributed by atoms with Crippen molar-refractivity contribution >= 4 is 27.7 Å². The zero-order valence-electron chi connectivity index (χ0n) is 9.34. The van der Waals surface area contributed by atoms with Crippen LogP contribution in [0, 0.1) is 6.92 Å². The molecule has 1 rings (SSSR count). The summed E-state index contributed by atoms with van der Waals surface area (Å²) in [6, 6.07) is 8.68. The molecule has 0 aliphatic carbocycles. The van der Waals surface area contributed by atoms with Crippen molar-refractivity contribution < 1.29 is 0 Å². The summed E-state index contributed by atoms with van der Waals surface area (Å²) in [6.07, 6.45) is 4.01. The van der Waals surface area contributed by atoms with Gasteiger partial charge in [-0.05, 0) is 36.6 Å². The standard InChI is InChI=1S/C13H19BrS/c1-12-7-3-4-8-13(12)11-15-10-6-2-5-9-14/h3-4,7-8H,2,5-6,9-11H2,1H3. The van der Waals surface area contributed by atoms with Crippen LogP contribution in [-0.2, 0) is 5.75 Å². The van der Waals surface area contributed by atoms with Gasteiger partial charge in [0.05, 0.1) is 0 Å². The van der Waals surface area contributed by atoms with E-state index in [1.54, 1.807) is 0 Å². The first kappa shape index (κ1) is 13.1. The van der Waals surface area contributed by atoms with Crippen molar-refractivity contribution in [1.29, 1.82) is 0 Å². The highest BCUT2D eigenvalue weighted by atomic mass is 79.9. The highest BCUT2D eigenvalue weighted by Crippen LogP contribution is 2.17. The first-order valence-corrected chi connectivity index (χ1v) is 7.80. The van der Waals surface area contributed by atoms with Gasteiger partial charge in [0.25, 0.3) is 0 Å². The first-order chi connectivity index (χ1) is 7.34. The van der Waals surface area contributed by atoms with Crippen LogP contribution in [0.3, 0.4) is 0 Å². The Morgan fingerprint density at radius 1 is 1.13 bits per heavy atom. The van der Waals surface area contributed by atoms with Crippen molar-refractivity contribution in [1.82, 2.24) is 0 Å². The maximum absolute atomic E-state index is 3.46. The Labute approximate surface area is 106 Å². The second-order valence-corrected chi connectivity index (χ2v) is 5.63. The molecule has 0 aromatic heterocycles. The van der Waals surface area contributed by atoms with Crippen molar-refractivity contribution in [2.75, 3.05) is 11.1 Å². The molecule has 15 heavy (non-hydrogen) atoms. The number of aryl methyl sites for hydroxylation is 1. The zero-order chi connectivity index (χ0) is 10.9. The van der Waals surface area contributed by atoms with E-state index in [-0.39, 0.29) is 0 Å². The molecule has 0 aliphatic rings. The smallest absolute Gasteiger partial charge is 0.0187 e. The average molecular weight is 287 g/mol. The minimum absolute atomic E-state index is 1.15. The lowest BCUT2D eigenvalue weighted by Gasteiger charge is -2.04. The third-order valence-corrected chi connectivity index (χ3v) is 4.09. The predicted octanol–water partition coefficient (Wildman–Crippen LogP) is 4.79. The first-order valence-electron chi connectivity index (χ1n) is 5.53. The van der Waals surface area contributed by atoms with E-state index in [4.69, 9.17) is 0 Å². The number of hydrogen-bond donors (Lipinski definition) is 0. The van der Waals surface area contributed by atoms with E-state index in [2.05, 4.69) is 58.9 Å². The van der Waals surface area contributed by atoms with Crippen LogP contribution >= 0.6 is 27.7 Å². The van der Waals surface area contributed by atoms with Gasteiger partial charge in [-0.15, -0.1) is 0 Å². The normalized spacial score (nSPS) is 10.5. The topological polar surface area (TPSA) is 0 Å². The molecule has 2 heteroatoms. The van der Waals surface area contributed by atoms with Gasteiger partial charge in [-0.3, -0.25) is 0 Å². The number of rotatable bonds is 7. The van der Waals surface area contributed by atoms with E-state index >= 15 is 0 Å². The third-order valence-electron chi connectivity index (χ3n) is 2.44. The van der Waals surface area contributed by atoms with Crippen LogP contribution in [0.25, 0.3) is 0 Å². The lowest BCUT2D eigenvalue weighted by Crippen LogP contribution is -1.87. The van der Waals surface area contributed by atoms with E-state index in [0.717, 1.165) is 5.33 Å². The molecule has 0 N–H and O–H groups in total. The third kappa shape index (κ3) is 5.62. The van der Waals surface area contributed by atoms with Crippen molar-refractivity contribution in [3.05, 3.63) is 35.4 Å². The summed E-state index contributed by atoms with van der Waals surface area (Å²) in [4.78, 5) is 0. The number of halogens is 1. The molecule has 0 bridgehead atoms. The molecule has 0 saturated heterocycles. The fourth-order valence-corrected chi connectivity index (χ4v) is 2.92. The fraction of sp³-hybridized carbons (Fsp3) is 0.538. The number of alkyl halides is 1. The van der Waals surface area contributed by atoms with Crippen molar-refractivity contribution in [2.45, 2.75) is 31.9 Å². The van der Waals surface area contributed by atoms with Gasteiger partial charge in [-0.1, -0.05) is 46.6 Å². The van der Waals surface area contributed by atoms with E-state index in [1.807, 2.05) is 0 Å². The van der Waals surface area contributed by atoms with Crippen LogP contribution in [0.15, 0.2) is 24.3 Å². The van der Waals surface area contributed by atoms with Crippen LogP contribution in [-0.4, -0.2) is 11.1 Å².